The third-order valence-electron chi connectivity index (χ3n) is 4.04. The smallest absolute Gasteiger partial charge is 0.0717 e. The molecule has 0 atom stereocenters. The molecule has 0 saturated heterocycles. The van der Waals surface area contributed by atoms with Gasteiger partial charge in [0.05, 0.1) is 19.8 Å². The van der Waals surface area contributed by atoms with Gasteiger partial charge in [-0.25, -0.2) is 0 Å². The maximum absolute atomic E-state index is 5.60. The monoisotopic (exact) mass is 404 g/mol. The van der Waals surface area contributed by atoms with Crippen LogP contribution in [0.15, 0.2) is 60.7 Å². The van der Waals surface area contributed by atoms with Gasteiger partial charge in [-0.05, 0) is 29.9 Å². The molecule has 2 aromatic carbocycles. The molecule has 0 aromatic heterocycles. The molecule has 0 aliphatic heterocycles. The predicted octanol–water partition coefficient (Wildman–Crippen LogP) is 5.99. The van der Waals surface area contributed by atoms with Gasteiger partial charge in [0, 0.05) is 11.9 Å². The maximum Gasteiger partial charge on any atom is 0.0717 e. The molecule has 2 nitrogen and oxygen atoms in total. The molecule has 3 heteroatoms. The van der Waals surface area contributed by atoms with E-state index in [2.05, 4.69) is 52.3 Å². The van der Waals surface area contributed by atoms with Crippen molar-refractivity contribution in [3.63, 3.8) is 0 Å². The molecule has 0 spiro atoms. The number of hydrogen-bond donors (Lipinski definition) is 0. The van der Waals surface area contributed by atoms with Gasteiger partial charge < -0.3 is 9.47 Å². The summed E-state index contributed by atoms with van der Waals surface area (Å²) in [5.41, 5.74) is 2.51. The summed E-state index contributed by atoms with van der Waals surface area (Å²) in [5, 5.41) is 0.903. The molecule has 1 fully saturated rings. The molecule has 0 bridgehead atoms. The Morgan fingerprint density at radius 1 is 0.760 bits per heavy atom. The topological polar surface area (TPSA) is 18.5 Å². The standard InChI is InChI=1S/C13H18O.C9H11BrO/c1-2-5-13(6-3-1)11-14-10-4-7-12-8-9-12;10-6-7-11-8-9-4-2-1-3-5-9/h1-3,5-6,12H,4,7-11H2;1-5H,6-8H2. The molecule has 3 rings (SSSR count). The highest BCUT2D eigenvalue weighted by Gasteiger charge is 2.19. The number of rotatable bonds is 10. The van der Waals surface area contributed by atoms with Gasteiger partial charge in [-0.2, -0.15) is 0 Å². The molecule has 0 N–H and O–H groups in total. The highest BCUT2D eigenvalue weighted by Crippen LogP contribution is 2.33. The largest absolute Gasteiger partial charge is 0.377 e. The van der Waals surface area contributed by atoms with Crippen molar-refractivity contribution in [2.45, 2.75) is 38.9 Å². The normalized spacial score (nSPS) is 13.2. The summed E-state index contributed by atoms with van der Waals surface area (Å²) in [6.07, 6.45) is 5.52. The fourth-order valence-electron chi connectivity index (χ4n) is 2.46. The molecular formula is C22H29BrO2. The zero-order valence-corrected chi connectivity index (χ0v) is 16.5. The van der Waals surface area contributed by atoms with Crippen molar-refractivity contribution in [2.75, 3.05) is 18.5 Å². The minimum Gasteiger partial charge on any atom is -0.377 e. The molecule has 0 unspecified atom stereocenters. The summed E-state index contributed by atoms with van der Waals surface area (Å²) in [6, 6.07) is 20.6. The van der Waals surface area contributed by atoms with Crippen molar-refractivity contribution < 1.29 is 9.47 Å². The third kappa shape index (κ3) is 10.4. The van der Waals surface area contributed by atoms with Crippen molar-refractivity contribution in [2.24, 2.45) is 5.92 Å². The van der Waals surface area contributed by atoms with Crippen molar-refractivity contribution in [3.8, 4) is 0 Å². The fraction of sp³-hybridized carbons (Fsp3) is 0.455. The van der Waals surface area contributed by atoms with Crippen LogP contribution in [0, 0.1) is 5.92 Å². The second-order valence-corrected chi connectivity index (χ2v) is 7.14. The number of hydrogen-bond acceptors (Lipinski definition) is 2. The van der Waals surface area contributed by atoms with Crippen LogP contribution in [0.2, 0.25) is 0 Å². The van der Waals surface area contributed by atoms with Gasteiger partial charge in [0.15, 0.2) is 0 Å². The zero-order chi connectivity index (χ0) is 17.6. The molecule has 1 aliphatic rings. The summed E-state index contributed by atoms with van der Waals surface area (Å²) in [6.45, 7) is 3.18. The first kappa shape index (κ1) is 20.2. The van der Waals surface area contributed by atoms with E-state index in [9.17, 15) is 0 Å². The van der Waals surface area contributed by atoms with E-state index < -0.39 is 0 Å². The van der Waals surface area contributed by atoms with E-state index in [0.717, 1.165) is 31.1 Å². The molecular weight excluding hydrogens is 376 g/mol. The van der Waals surface area contributed by atoms with Crippen LogP contribution in [0.25, 0.3) is 0 Å². The maximum atomic E-state index is 5.60. The van der Waals surface area contributed by atoms with Crippen LogP contribution in [-0.2, 0) is 22.7 Å². The first-order valence-electron chi connectivity index (χ1n) is 9.18. The quantitative estimate of drug-likeness (QED) is 0.357. The van der Waals surface area contributed by atoms with Gasteiger partial charge in [0.25, 0.3) is 0 Å². The SMILES string of the molecule is BrCCOCc1ccccc1.c1ccc(COCCCC2CC2)cc1. The number of halogens is 1. The van der Waals surface area contributed by atoms with Crippen LogP contribution in [-0.4, -0.2) is 18.5 Å². The lowest BCUT2D eigenvalue weighted by Gasteiger charge is -2.03. The van der Waals surface area contributed by atoms with Crippen molar-refractivity contribution in [3.05, 3.63) is 71.8 Å². The minimum absolute atomic E-state index is 0.715. The zero-order valence-electron chi connectivity index (χ0n) is 14.9. The molecule has 0 radical (unpaired) electrons. The number of benzene rings is 2. The number of alkyl halides is 1. The summed E-state index contributed by atoms with van der Waals surface area (Å²) >= 11 is 3.30. The third-order valence-corrected chi connectivity index (χ3v) is 4.37. The van der Waals surface area contributed by atoms with Crippen LogP contribution < -0.4 is 0 Å². The lowest BCUT2D eigenvalue weighted by Crippen LogP contribution is -1.95. The Labute approximate surface area is 160 Å². The van der Waals surface area contributed by atoms with E-state index in [1.54, 1.807) is 0 Å². The summed E-state index contributed by atoms with van der Waals surface area (Å²) in [4.78, 5) is 0. The Kier molecular flexibility index (Phi) is 10.6. The van der Waals surface area contributed by atoms with E-state index >= 15 is 0 Å². The van der Waals surface area contributed by atoms with Gasteiger partial charge >= 0.3 is 0 Å². The lowest BCUT2D eigenvalue weighted by molar-refractivity contribution is 0.116. The van der Waals surface area contributed by atoms with E-state index in [4.69, 9.17) is 9.47 Å². The van der Waals surface area contributed by atoms with Crippen molar-refractivity contribution in [1.82, 2.24) is 0 Å². The Morgan fingerprint density at radius 2 is 1.28 bits per heavy atom. The summed E-state index contributed by atoms with van der Waals surface area (Å²) < 4.78 is 10.9. The van der Waals surface area contributed by atoms with Gasteiger partial charge in [-0.1, -0.05) is 89.4 Å². The summed E-state index contributed by atoms with van der Waals surface area (Å²) in [7, 11) is 0. The Balaban J connectivity index is 0.000000186. The number of ether oxygens (including phenoxy) is 2. The first-order valence-corrected chi connectivity index (χ1v) is 10.3. The van der Waals surface area contributed by atoms with E-state index in [1.807, 2.05) is 24.3 Å². The Bertz CT molecular complexity index is 540. The van der Waals surface area contributed by atoms with Gasteiger partial charge in [0.2, 0.25) is 0 Å². The highest BCUT2D eigenvalue weighted by atomic mass is 79.9. The van der Waals surface area contributed by atoms with E-state index in [0.29, 0.717) is 6.61 Å². The molecule has 0 amide bonds. The molecule has 25 heavy (non-hydrogen) atoms. The van der Waals surface area contributed by atoms with E-state index in [-0.39, 0.29) is 0 Å². The van der Waals surface area contributed by atoms with Gasteiger partial charge in [0.1, 0.15) is 0 Å². The van der Waals surface area contributed by atoms with Gasteiger partial charge in [-0.3, -0.25) is 0 Å². The Hall–Kier alpha value is -1.16. The Morgan fingerprint density at radius 3 is 1.76 bits per heavy atom. The average molecular weight is 405 g/mol. The van der Waals surface area contributed by atoms with Gasteiger partial charge in [-0.15, -0.1) is 0 Å². The average Bonchev–Trinajstić information content (AvgIpc) is 3.48. The van der Waals surface area contributed by atoms with Crippen molar-refractivity contribution >= 4 is 15.9 Å². The van der Waals surface area contributed by atoms with Crippen LogP contribution in [0.3, 0.4) is 0 Å². The molecule has 2 aromatic rings. The second kappa shape index (κ2) is 13.1. The highest BCUT2D eigenvalue weighted by molar-refractivity contribution is 9.09. The minimum atomic E-state index is 0.715. The van der Waals surface area contributed by atoms with Crippen LogP contribution in [0.5, 0.6) is 0 Å². The molecule has 0 heterocycles. The molecule has 136 valence electrons. The summed E-state index contributed by atoms with van der Waals surface area (Å²) in [5.74, 6) is 1.04. The van der Waals surface area contributed by atoms with Crippen LogP contribution in [0.1, 0.15) is 36.8 Å². The van der Waals surface area contributed by atoms with Crippen LogP contribution in [0.4, 0.5) is 0 Å². The van der Waals surface area contributed by atoms with Crippen LogP contribution >= 0.6 is 15.9 Å². The van der Waals surface area contributed by atoms with Crippen molar-refractivity contribution in [1.29, 1.82) is 0 Å². The lowest BCUT2D eigenvalue weighted by atomic mass is 10.2. The molecule has 1 aliphatic carbocycles. The fourth-order valence-corrected chi connectivity index (χ4v) is 2.69. The van der Waals surface area contributed by atoms with E-state index in [1.165, 1.54) is 36.8 Å². The first-order chi connectivity index (χ1) is 12.4. The predicted molar refractivity (Wildman–Crippen MR) is 108 cm³/mol. The second-order valence-electron chi connectivity index (χ2n) is 6.35. The molecule has 1 saturated carbocycles.